The molecule has 0 N–H and O–H groups in total. The Morgan fingerprint density at radius 1 is 1.04 bits per heavy atom. The van der Waals surface area contributed by atoms with Gasteiger partial charge < -0.3 is 9.15 Å². The summed E-state index contributed by atoms with van der Waals surface area (Å²) in [6.45, 7) is 0. The van der Waals surface area contributed by atoms with Gasteiger partial charge in [-0.1, -0.05) is 30.3 Å². The van der Waals surface area contributed by atoms with Crippen LogP contribution in [-0.4, -0.2) is 20.5 Å². The number of rotatable bonds is 5. The quantitative estimate of drug-likeness (QED) is 0.718. The molecule has 0 atom stereocenters. The van der Waals surface area contributed by atoms with E-state index in [1.807, 2.05) is 30.3 Å². The molecular weight excluding hydrogens is 314 g/mol. The summed E-state index contributed by atoms with van der Waals surface area (Å²) in [4.78, 5) is 4.27. The second-order valence-electron chi connectivity index (χ2n) is 4.92. The van der Waals surface area contributed by atoms with Crippen LogP contribution in [0.1, 0.15) is 5.89 Å². The molecule has 0 aliphatic heterocycles. The van der Waals surface area contributed by atoms with Crippen molar-refractivity contribution in [1.82, 2.24) is 4.98 Å². The van der Waals surface area contributed by atoms with E-state index in [-0.39, 0.29) is 16.5 Å². The van der Waals surface area contributed by atoms with E-state index in [0.29, 0.717) is 11.5 Å². The van der Waals surface area contributed by atoms with Gasteiger partial charge in [-0.25, -0.2) is 13.4 Å². The van der Waals surface area contributed by atoms with E-state index in [1.165, 1.54) is 25.4 Å². The summed E-state index contributed by atoms with van der Waals surface area (Å²) in [5.74, 6) is 1.03. The summed E-state index contributed by atoms with van der Waals surface area (Å²) < 4.78 is 35.4. The van der Waals surface area contributed by atoms with Gasteiger partial charge in [0.2, 0.25) is 5.89 Å². The Morgan fingerprint density at radius 3 is 2.39 bits per heavy atom. The van der Waals surface area contributed by atoms with E-state index in [9.17, 15) is 8.42 Å². The Hall–Kier alpha value is -2.60. The van der Waals surface area contributed by atoms with Gasteiger partial charge in [0.05, 0.1) is 18.2 Å². The van der Waals surface area contributed by atoms with E-state index in [4.69, 9.17) is 9.15 Å². The fraction of sp³-hybridized carbons (Fsp3) is 0.118. The Morgan fingerprint density at radius 2 is 1.74 bits per heavy atom. The summed E-state index contributed by atoms with van der Waals surface area (Å²) in [6, 6.07) is 15.6. The number of sulfone groups is 1. The normalized spacial score (nSPS) is 11.3. The maximum absolute atomic E-state index is 12.4. The van der Waals surface area contributed by atoms with Gasteiger partial charge >= 0.3 is 0 Å². The number of ether oxygens (including phenoxy) is 1. The van der Waals surface area contributed by atoms with Gasteiger partial charge in [-0.15, -0.1) is 0 Å². The van der Waals surface area contributed by atoms with Crippen LogP contribution in [0.2, 0.25) is 0 Å². The van der Waals surface area contributed by atoms with Crippen LogP contribution in [-0.2, 0) is 15.6 Å². The summed E-state index contributed by atoms with van der Waals surface area (Å²) in [5.41, 5.74) is 0.855. The van der Waals surface area contributed by atoms with Crippen molar-refractivity contribution in [3.05, 3.63) is 66.7 Å². The van der Waals surface area contributed by atoms with Gasteiger partial charge in [0.1, 0.15) is 11.5 Å². The minimum atomic E-state index is -3.52. The average Bonchev–Trinajstić information content (AvgIpc) is 3.03. The van der Waals surface area contributed by atoms with Crippen molar-refractivity contribution in [2.75, 3.05) is 7.11 Å². The van der Waals surface area contributed by atoms with Crippen LogP contribution in [0.3, 0.4) is 0 Å². The molecule has 0 radical (unpaired) electrons. The van der Waals surface area contributed by atoms with Gasteiger partial charge in [0, 0.05) is 5.56 Å². The van der Waals surface area contributed by atoms with Crippen molar-refractivity contribution < 1.29 is 17.6 Å². The molecule has 0 amide bonds. The van der Waals surface area contributed by atoms with E-state index in [0.717, 1.165) is 5.56 Å². The predicted molar refractivity (Wildman–Crippen MR) is 85.8 cm³/mol. The fourth-order valence-corrected chi connectivity index (χ4v) is 3.32. The van der Waals surface area contributed by atoms with E-state index < -0.39 is 9.84 Å². The first-order valence-electron chi connectivity index (χ1n) is 6.95. The minimum absolute atomic E-state index is 0.166. The van der Waals surface area contributed by atoms with Crippen LogP contribution in [0.25, 0.3) is 11.3 Å². The number of methoxy groups -OCH3 is 1. The van der Waals surface area contributed by atoms with Crippen molar-refractivity contribution >= 4 is 9.84 Å². The Bertz CT molecular complexity index is 884. The highest BCUT2D eigenvalue weighted by Crippen LogP contribution is 2.23. The summed E-state index contributed by atoms with van der Waals surface area (Å²) in [6.07, 6.45) is 1.54. The van der Waals surface area contributed by atoms with E-state index in [2.05, 4.69) is 4.98 Å². The number of hydrogen-bond donors (Lipinski definition) is 0. The smallest absolute Gasteiger partial charge is 0.210 e. The molecule has 1 aromatic heterocycles. The number of nitrogens with zero attached hydrogens (tertiary/aromatic N) is 1. The van der Waals surface area contributed by atoms with Crippen molar-refractivity contribution in [2.24, 2.45) is 0 Å². The lowest BCUT2D eigenvalue weighted by Gasteiger charge is -2.03. The zero-order chi connectivity index (χ0) is 16.3. The van der Waals surface area contributed by atoms with Crippen molar-refractivity contribution in [3.63, 3.8) is 0 Å². The first-order valence-corrected chi connectivity index (χ1v) is 8.61. The molecule has 0 aliphatic rings. The SMILES string of the molecule is COc1ccc(S(=O)(=O)Cc2ncc(-c3ccccc3)o2)cc1. The van der Waals surface area contributed by atoms with Crippen LogP contribution in [0, 0.1) is 0 Å². The van der Waals surface area contributed by atoms with E-state index >= 15 is 0 Å². The average molecular weight is 329 g/mol. The Labute approximate surface area is 134 Å². The van der Waals surface area contributed by atoms with Gasteiger partial charge in [-0.05, 0) is 24.3 Å². The van der Waals surface area contributed by atoms with Gasteiger partial charge in [-0.3, -0.25) is 0 Å². The molecule has 3 aromatic rings. The van der Waals surface area contributed by atoms with Crippen LogP contribution < -0.4 is 4.74 Å². The van der Waals surface area contributed by atoms with Crippen LogP contribution in [0.15, 0.2) is 70.1 Å². The maximum Gasteiger partial charge on any atom is 0.210 e. The number of hydrogen-bond acceptors (Lipinski definition) is 5. The van der Waals surface area contributed by atoms with Crippen LogP contribution in [0.5, 0.6) is 5.75 Å². The highest BCUT2D eigenvalue weighted by atomic mass is 32.2. The Balaban J connectivity index is 1.82. The fourth-order valence-electron chi connectivity index (χ4n) is 2.14. The molecule has 0 bridgehead atoms. The zero-order valence-electron chi connectivity index (χ0n) is 12.5. The highest BCUT2D eigenvalue weighted by molar-refractivity contribution is 7.90. The van der Waals surface area contributed by atoms with Gasteiger partial charge in [0.15, 0.2) is 15.6 Å². The van der Waals surface area contributed by atoms with Crippen molar-refractivity contribution in [3.8, 4) is 17.1 Å². The molecule has 0 fully saturated rings. The zero-order valence-corrected chi connectivity index (χ0v) is 13.3. The lowest BCUT2D eigenvalue weighted by molar-refractivity contribution is 0.414. The van der Waals surface area contributed by atoms with Crippen molar-refractivity contribution in [2.45, 2.75) is 10.6 Å². The molecule has 6 heteroatoms. The molecule has 0 saturated heterocycles. The number of benzene rings is 2. The number of aromatic nitrogens is 1. The molecular formula is C17H15NO4S. The molecule has 118 valence electrons. The summed E-state index contributed by atoms with van der Waals surface area (Å²) in [5, 5.41) is 0. The molecule has 0 unspecified atom stereocenters. The second kappa shape index (κ2) is 6.26. The molecule has 0 aliphatic carbocycles. The molecule has 0 saturated carbocycles. The molecule has 2 aromatic carbocycles. The van der Waals surface area contributed by atoms with Gasteiger partial charge in [-0.2, -0.15) is 0 Å². The summed E-state index contributed by atoms with van der Waals surface area (Å²) in [7, 11) is -1.99. The maximum atomic E-state index is 12.4. The third kappa shape index (κ3) is 3.43. The standard InChI is InChI=1S/C17H15NO4S/c1-21-14-7-9-15(10-8-14)23(19,20)12-17-18-11-16(22-17)13-5-3-2-4-6-13/h2-11H,12H2,1H3. The van der Waals surface area contributed by atoms with E-state index in [1.54, 1.807) is 12.1 Å². The monoisotopic (exact) mass is 329 g/mol. The largest absolute Gasteiger partial charge is 0.497 e. The highest BCUT2D eigenvalue weighted by Gasteiger charge is 2.19. The lowest BCUT2D eigenvalue weighted by Crippen LogP contribution is -2.05. The molecule has 5 nitrogen and oxygen atoms in total. The Kier molecular flexibility index (Phi) is 4.16. The second-order valence-corrected chi connectivity index (χ2v) is 6.91. The third-order valence-electron chi connectivity index (χ3n) is 3.34. The third-order valence-corrected chi connectivity index (χ3v) is 4.96. The first-order chi connectivity index (χ1) is 11.1. The molecule has 3 rings (SSSR count). The topological polar surface area (TPSA) is 69.4 Å². The first kappa shape index (κ1) is 15.3. The van der Waals surface area contributed by atoms with Crippen LogP contribution >= 0.6 is 0 Å². The molecule has 0 spiro atoms. The molecule has 1 heterocycles. The van der Waals surface area contributed by atoms with Crippen LogP contribution in [0.4, 0.5) is 0 Å². The molecule has 23 heavy (non-hydrogen) atoms. The summed E-state index contributed by atoms with van der Waals surface area (Å²) >= 11 is 0. The van der Waals surface area contributed by atoms with Gasteiger partial charge in [0.25, 0.3) is 0 Å². The van der Waals surface area contributed by atoms with Crippen molar-refractivity contribution in [1.29, 1.82) is 0 Å². The predicted octanol–water partition coefficient (Wildman–Crippen LogP) is 3.32. The number of oxazole rings is 1. The minimum Gasteiger partial charge on any atom is -0.497 e. The lowest BCUT2D eigenvalue weighted by atomic mass is 10.2.